The van der Waals surface area contributed by atoms with Crippen LogP contribution in [0.1, 0.15) is 12.0 Å². The molecule has 1 heterocycles. The van der Waals surface area contributed by atoms with Crippen LogP contribution in [0.3, 0.4) is 0 Å². The summed E-state index contributed by atoms with van der Waals surface area (Å²) in [5.41, 5.74) is 6.84. The number of sulfonamides is 1. The van der Waals surface area contributed by atoms with E-state index in [0.717, 1.165) is 12.8 Å². The Morgan fingerprint density at radius 3 is 2.52 bits per heavy atom. The fourth-order valence-electron chi connectivity index (χ4n) is 2.17. The Morgan fingerprint density at radius 2 is 1.95 bits per heavy atom. The molecule has 2 aromatic rings. The molecule has 0 spiro atoms. The molecule has 0 saturated carbocycles. The van der Waals surface area contributed by atoms with E-state index in [9.17, 15) is 8.42 Å². The van der Waals surface area contributed by atoms with Crippen LogP contribution in [0.5, 0.6) is 0 Å². The normalized spacial score (nSPS) is 12.0. The van der Waals surface area contributed by atoms with Crippen molar-refractivity contribution in [1.82, 2.24) is 13.9 Å². The molecule has 21 heavy (non-hydrogen) atoms. The van der Waals surface area contributed by atoms with Gasteiger partial charge < -0.3 is 10.3 Å². The third-order valence-electron chi connectivity index (χ3n) is 3.35. The summed E-state index contributed by atoms with van der Waals surface area (Å²) in [5, 5.41) is 0.0460. The second kappa shape index (κ2) is 6.28. The lowest BCUT2D eigenvalue weighted by Gasteiger charge is -2.17. The molecule has 0 atom stereocenters. The summed E-state index contributed by atoms with van der Waals surface area (Å²) in [6, 6.07) is 9.99. The second-order valence-electron chi connectivity index (χ2n) is 4.96. The molecule has 0 unspecified atom stereocenters. The number of nitrogens with zero attached hydrogens (tertiary/aromatic N) is 3. The van der Waals surface area contributed by atoms with E-state index < -0.39 is 10.0 Å². The molecule has 0 radical (unpaired) electrons. The number of anilines is 1. The number of nitrogens with two attached hydrogens (primary N) is 1. The van der Waals surface area contributed by atoms with E-state index in [1.165, 1.54) is 20.8 Å². The van der Waals surface area contributed by atoms with Crippen molar-refractivity contribution in [1.29, 1.82) is 0 Å². The molecule has 1 aromatic heterocycles. The minimum Gasteiger partial charge on any atom is -0.381 e. The number of imidazole rings is 1. The number of rotatable bonds is 6. The van der Waals surface area contributed by atoms with Crippen LogP contribution >= 0.6 is 0 Å². The number of hydrogen-bond donors (Lipinski definition) is 1. The summed E-state index contributed by atoms with van der Waals surface area (Å²) in [5.74, 6) is 0.0346. The van der Waals surface area contributed by atoms with Gasteiger partial charge in [-0.15, -0.1) is 0 Å². The summed E-state index contributed by atoms with van der Waals surface area (Å²) < 4.78 is 27.7. The maximum Gasteiger partial charge on any atom is 0.262 e. The Hall–Kier alpha value is -1.86. The zero-order valence-corrected chi connectivity index (χ0v) is 13.0. The molecule has 1 aromatic carbocycles. The molecule has 2 rings (SSSR count). The van der Waals surface area contributed by atoms with Gasteiger partial charge in [-0.2, -0.15) is 4.31 Å². The highest BCUT2D eigenvalue weighted by Crippen LogP contribution is 2.19. The Bertz CT molecular complexity index is 676. The third-order valence-corrected chi connectivity index (χ3v) is 5.33. The Balaban J connectivity index is 2.01. The van der Waals surface area contributed by atoms with E-state index in [0.29, 0.717) is 6.54 Å². The van der Waals surface area contributed by atoms with Gasteiger partial charge in [0.2, 0.25) is 0 Å². The molecule has 2 N–H and O–H groups in total. The first-order chi connectivity index (χ1) is 9.93. The van der Waals surface area contributed by atoms with Crippen molar-refractivity contribution >= 4 is 15.8 Å². The Morgan fingerprint density at radius 1 is 1.29 bits per heavy atom. The summed E-state index contributed by atoms with van der Waals surface area (Å²) in [6.07, 6.45) is 2.99. The molecule has 0 bridgehead atoms. The van der Waals surface area contributed by atoms with Gasteiger partial charge in [0.15, 0.2) is 10.8 Å². The van der Waals surface area contributed by atoms with Gasteiger partial charge in [0.05, 0.1) is 6.33 Å². The monoisotopic (exact) mass is 308 g/mol. The van der Waals surface area contributed by atoms with Gasteiger partial charge in [0.1, 0.15) is 0 Å². The summed E-state index contributed by atoms with van der Waals surface area (Å²) in [6.45, 7) is 0.432. The lowest BCUT2D eigenvalue weighted by molar-refractivity contribution is 0.456. The highest BCUT2D eigenvalue weighted by Gasteiger charge is 2.26. The van der Waals surface area contributed by atoms with Crippen LogP contribution in [-0.2, 0) is 23.5 Å². The van der Waals surface area contributed by atoms with Gasteiger partial charge in [-0.05, 0) is 18.4 Å². The van der Waals surface area contributed by atoms with Gasteiger partial charge in [-0.1, -0.05) is 30.3 Å². The molecule has 0 saturated heterocycles. The second-order valence-corrected chi connectivity index (χ2v) is 6.92. The quantitative estimate of drug-likeness (QED) is 0.871. The number of benzene rings is 1. The number of hydrogen-bond acceptors (Lipinski definition) is 4. The lowest BCUT2D eigenvalue weighted by atomic mass is 10.1. The van der Waals surface area contributed by atoms with Crippen molar-refractivity contribution in [3.63, 3.8) is 0 Å². The van der Waals surface area contributed by atoms with Crippen LogP contribution in [0.15, 0.2) is 41.7 Å². The molecule has 7 heteroatoms. The van der Waals surface area contributed by atoms with Crippen LogP contribution in [0, 0.1) is 0 Å². The van der Waals surface area contributed by atoms with E-state index in [-0.39, 0.29) is 10.8 Å². The first kappa shape index (κ1) is 15.5. The van der Waals surface area contributed by atoms with Crippen LogP contribution < -0.4 is 5.73 Å². The van der Waals surface area contributed by atoms with Gasteiger partial charge in [-0.25, -0.2) is 13.4 Å². The molecule has 6 nitrogen and oxygen atoms in total. The average molecular weight is 308 g/mol. The number of nitrogen functional groups attached to an aromatic ring is 1. The van der Waals surface area contributed by atoms with Crippen molar-refractivity contribution in [3.05, 3.63) is 42.2 Å². The molecule has 0 aliphatic carbocycles. The van der Waals surface area contributed by atoms with Crippen LogP contribution in [0.4, 0.5) is 5.82 Å². The molecular weight excluding hydrogens is 288 g/mol. The summed E-state index contributed by atoms with van der Waals surface area (Å²) in [4.78, 5) is 3.83. The van der Waals surface area contributed by atoms with Crippen LogP contribution in [-0.4, -0.2) is 35.9 Å². The van der Waals surface area contributed by atoms with Crippen LogP contribution in [0.25, 0.3) is 0 Å². The smallest absolute Gasteiger partial charge is 0.262 e. The summed E-state index contributed by atoms with van der Waals surface area (Å²) >= 11 is 0. The minimum absolute atomic E-state index is 0.0346. The number of aryl methyl sites for hydroxylation is 2. The van der Waals surface area contributed by atoms with E-state index in [4.69, 9.17) is 5.73 Å². The molecular formula is C14H20N4O2S. The van der Waals surface area contributed by atoms with Crippen molar-refractivity contribution in [2.24, 2.45) is 7.05 Å². The van der Waals surface area contributed by atoms with E-state index >= 15 is 0 Å². The molecule has 0 fully saturated rings. The zero-order valence-electron chi connectivity index (χ0n) is 12.2. The zero-order chi connectivity index (χ0) is 15.5. The van der Waals surface area contributed by atoms with E-state index in [1.807, 2.05) is 30.3 Å². The first-order valence-corrected chi connectivity index (χ1v) is 8.14. The molecule has 0 aliphatic rings. The van der Waals surface area contributed by atoms with Crippen molar-refractivity contribution in [3.8, 4) is 0 Å². The van der Waals surface area contributed by atoms with Crippen molar-refractivity contribution in [2.75, 3.05) is 19.3 Å². The van der Waals surface area contributed by atoms with E-state index in [2.05, 4.69) is 4.98 Å². The average Bonchev–Trinajstić information content (AvgIpc) is 2.79. The lowest BCUT2D eigenvalue weighted by Crippen LogP contribution is -2.30. The van der Waals surface area contributed by atoms with Gasteiger partial charge in [-0.3, -0.25) is 0 Å². The number of aromatic nitrogens is 2. The van der Waals surface area contributed by atoms with Gasteiger partial charge >= 0.3 is 0 Å². The molecule has 0 amide bonds. The van der Waals surface area contributed by atoms with E-state index in [1.54, 1.807) is 14.1 Å². The fraction of sp³-hybridized carbons (Fsp3) is 0.357. The predicted molar refractivity (Wildman–Crippen MR) is 82.2 cm³/mol. The topological polar surface area (TPSA) is 81.2 Å². The molecule has 0 aliphatic heterocycles. The minimum atomic E-state index is -3.60. The standard InChI is InChI=1S/C14H20N4O2S/c1-17-11-16-13(15)14(17)21(19,20)18(2)10-6-9-12-7-4-3-5-8-12/h3-5,7-8,11H,6,9-10,15H2,1-2H3. The maximum absolute atomic E-state index is 12.5. The highest BCUT2D eigenvalue weighted by molar-refractivity contribution is 7.89. The highest BCUT2D eigenvalue weighted by atomic mass is 32.2. The summed E-state index contributed by atoms with van der Waals surface area (Å²) in [7, 11) is -0.421. The maximum atomic E-state index is 12.5. The third kappa shape index (κ3) is 3.43. The SMILES string of the molecule is CN(CCCc1ccccc1)S(=O)(=O)c1c(N)ncn1C. The fourth-order valence-corrected chi connectivity index (χ4v) is 3.56. The predicted octanol–water partition coefficient (Wildman–Crippen LogP) is 1.26. The largest absolute Gasteiger partial charge is 0.381 e. The van der Waals surface area contributed by atoms with Gasteiger partial charge in [0.25, 0.3) is 10.0 Å². The molecule has 114 valence electrons. The van der Waals surface area contributed by atoms with Gasteiger partial charge in [0, 0.05) is 20.6 Å². The van der Waals surface area contributed by atoms with Crippen molar-refractivity contribution < 1.29 is 8.42 Å². The Labute approximate surface area is 125 Å². The van der Waals surface area contributed by atoms with Crippen molar-refractivity contribution in [2.45, 2.75) is 17.9 Å². The first-order valence-electron chi connectivity index (χ1n) is 6.70. The Kier molecular flexibility index (Phi) is 4.64. The van der Waals surface area contributed by atoms with Crippen LogP contribution in [0.2, 0.25) is 0 Å².